The highest BCUT2D eigenvalue weighted by Crippen LogP contribution is 2.17. The van der Waals surface area contributed by atoms with E-state index in [9.17, 15) is 22.4 Å². The van der Waals surface area contributed by atoms with E-state index >= 15 is 0 Å². The Bertz CT molecular complexity index is 434. The van der Waals surface area contributed by atoms with Crippen LogP contribution in [-0.4, -0.2) is 36.6 Å². The molecule has 0 radical (unpaired) electrons. The summed E-state index contributed by atoms with van der Waals surface area (Å²) in [6.07, 6.45) is 0. The van der Waals surface area contributed by atoms with Crippen LogP contribution in [0.2, 0.25) is 0 Å². The van der Waals surface area contributed by atoms with Gasteiger partial charge in [0.05, 0.1) is 13.1 Å². The zero-order chi connectivity index (χ0) is 14.5. The van der Waals surface area contributed by atoms with Crippen LogP contribution >= 0.6 is 0 Å². The Morgan fingerprint density at radius 2 is 1.84 bits per heavy atom. The Morgan fingerprint density at radius 1 is 1.26 bits per heavy atom. The smallest absolute Gasteiger partial charge is 0.282 e. The van der Waals surface area contributed by atoms with Gasteiger partial charge in [-0.3, -0.25) is 4.79 Å². The minimum absolute atomic E-state index is 0.566. The number of nitrogens with one attached hydrogen (secondary N) is 2. The van der Waals surface area contributed by atoms with E-state index in [4.69, 9.17) is 5.11 Å². The van der Waals surface area contributed by atoms with Crippen molar-refractivity contribution >= 4 is 11.6 Å². The van der Waals surface area contributed by atoms with E-state index in [-0.39, 0.29) is 0 Å². The molecule has 0 atom stereocenters. The Balaban J connectivity index is 2.48. The van der Waals surface area contributed by atoms with Crippen LogP contribution in [0.15, 0.2) is 18.2 Å². The third-order valence-electron chi connectivity index (χ3n) is 2.13. The van der Waals surface area contributed by atoms with Gasteiger partial charge in [0.15, 0.2) is 0 Å². The molecule has 106 valence electrons. The molecule has 3 N–H and O–H groups in total. The van der Waals surface area contributed by atoms with Crippen LogP contribution < -0.4 is 10.6 Å². The molecule has 0 saturated heterocycles. The van der Waals surface area contributed by atoms with Crippen molar-refractivity contribution < 1.29 is 27.5 Å². The third-order valence-corrected chi connectivity index (χ3v) is 2.13. The fourth-order valence-electron chi connectivity index (χ4n) is 1.22. The van der Waals surface area contributed by atoms with Crippen molar-refractivity contribution in [1.82, 2.24) is 5.32 Å². The van der Waals surface area contributed by atoms with Gasteiger partial charge in [-0.15, -0.1) is 0 Å². The Morgan fingerprint density at radius 3 is 2.37 bits per heavy atom. The van der Waals surface area contributed by atoms with Gasteiger partial charge in [0, 0.05) is 0 Å². The summed E-state index contributed by atoms with van der Waals surface area (Å²) in [5.74, 6) is -6.16. The van der Waals surface area contributed by atoms with Gasteiger partial charge in [-0.05, 0) is 12.1 Å². The number of benzene rings is 1. The third kappa shape index (κ3) is 4.84. The largest absolute Gasteiger partial charge is 0.390 e. The topological polar surface area (TPSA) is 61.4 Å². The van der Waals surface area contributed by atoms with Crippen LogP contribution in [0.5, 0.6) is 0 Å². The molecule has 0 unspecified atom stereocenters. The van der Waals surface area contributed by atoms with Crippen molar-refractivity contribution in [2.75, 3.05) is 25.0 Å². The average molecular weight is 280 g/mol. The van der Waals surface area contributed by atoms with Crippen LogP contribution in [0.25, 0.3) is 0 Å². The van der Waals surface area contributed by atoms with Gasteiger partial charge in [0.1, 0.15) is 23.9 Å². The standard InChI is InChI=1S/C11H12F4N2O2/c12-7-2-1-3-8(13)10(7)17-9(19)4-16-5-11(14,15)6-18/h1-3,16,18H,4-6H2,(H,17,19). The normalized spacial score (nSPS) is 11.4. The summed E-state index contributed by atoms with van der Waals surface area (Å²) in [5, 5.41) is 12.3. The highest BCUT2D eigenvalue weighted by Gasteiger charge is 2.27. The molecule has 0 aromatic heterocycles. The predicted molar refractivity (Wildman–Crippen MR) is 59.9 cm³/mol. The van der Waals surface area contributed by atoms with E-state index in [0.29, 0.717) is 0 Å². The summed E-state index contributed by atoms with van der Waals surface area (Å²) >= 11 is 0. The molecule has 0 aliphatic rings. The van der Waals surface area contributed by atoms with Crippen LogP contribution in [0.1, 0.15) is 0 Å². The van der Waals surface area contributed by atoms with Gasteiger partial charge in [-0.1, -0.05) is 6.07 Å². The van der Waals surface area contributed by atoms with E-state index in [1.807, 2.05) is 5.32 Å². The molecular formula is C11H12F4N2O2. The summed E-state index contributed by atoms with van der Waals surface area (Å²) in [6.45, 7) is -2.84. The summed E-state index contributed by atoms with van der Waals surface area (Å²) in [7, 11) is 0. The maximum atomic E-state index is 13.1. The van der Waals surface area contributed by atoms with Crippen molar-refractivity contribution in [1.29, 1.82) is 0 Å². The molecule has 4 nitrogen and oxygen atoms in total. The van der Waals surface area contributed by atoms with Crippen LogP contribution in [-0.2, 0) is 4.79 Å². The molecule has 19 heavy (non-hydrogen) atoms. The number of aliphatic hydroxyl groups is 1. The SMILES string of the molecule is O=C(CNCC(F)(F)CO)Nc1c(F)cccc1F. The molecule has 0 fully saturated rings. The second-order valence-electron chi connectivity index (χ2n) is 3.76. The van der Waals surface area contributed by atoms with Crippen LogP contribution in [0.3, 0.4) is 0 Å². The lowest BCUT2D eigenvalue weighted by Crippen LogP contribution is -2.39. The van der Waals surface area contributed by atoms with Crippen LogP contribution in [0.4, 0.5) is 23.2 Å². The zero-order valence-electron chi connectivity index (χ0n) is 9.72. The van der Waals surface area contributed by atoms with E-state index in [1.165, 1.54) is 0 Å². The highest BCUT2D eigenvalue weighted by molar-refractivity contribution is 5.92. The first-order valence-corrected chi connectivity index (χ1v) is 5.29. The Kier molecular flexibility index (Phi) is 5.25. The molecule has 1 rings (SSSR count). The first kappa shape index (κ1) is 15.4. The maximum absolute atomic E-state index is 13.1. The molecule has 0 spiro atoms. The lowest BCUT2D eigenvalue weighted by molar-refractivity contribution is -0.115. The lowest BCUT2D eigenvalue weighted by atomic mass is 10.3. The number of rotatable bonds is 6. The number of carbonyl (C=O) groups is 1. The number of hydrogen-bond donors (Lipinski definition) is 3. The number of hydrogen-bond acceptors (Lipinski definition) is 3. The van der Waals surface area contributed by atoms with E-state index in [1.54, 1.807) is 0 Å². The Hall–Kier alpha value is -1.67. The Labute approximate surface area is 106 Å². The van der Waals surface area contributed by atoms with Gasteiger partial charge >= 0.3 is 0 Å². The average Bonchev–Trinajstić information content (AvgIpc) is 2.34. The number of alkyl halides is 2. The minimum atomic E-state index is -3.36. The van der Waals surface area contributed by atoms with Gasteiger partial charge < -0.3 is 15.7 Å². The number of para-hydroxylation sites is 1. The monoisotopic (exact) mass is 280 g/mol. The van der Waals surface area contributed by atoms with Gasteiger partial charge in [0.25, 0.3) is 5.92 Å². The molecule has 0 aliphatic carbocycles. The number of amides is 1. The minimum Gasteiger partial charge on any atom is -0.390 e. The molecule has 0 heterocycles. The second-order valence-corrected chi connectivity index (χ2v) is 3.76. The van der Waals surface area contributed by atoms with Crippen molar-refractivity contribution in [2.45, 2.75) is 5.92 Å². The summed E-state index contributed by atoms with van der Waals surface area (Å²) in [4.78, 5) is 11.3. The summed E-state index contributed by atoms with van der Waals surface area (Å²) < 4.78 is 51.5. The highest BCUT2D eigenvalue weighted by atomic mass is 19.3. The molecular weight excluding hydrogens is 268 g/mol. The predicted octanol–water partition coefficient (Wildman–Crippen LogP) is 1.12. The molecule has 1 aromatic rings. The van der Waals surface area contributed by atoms with Gasteiger partial charge in [-0.25, -0.2) is 17.6 Å². The lowest BCUT2D eigenvalue weighted by Gasteiger charge is -2.14. The van der Waals surface area contributed by atoms with Gasteiger partial charge in [-0.2, -0.15) is 0 Å². The fourth-order valence-corrected chi connectivity index (χ4v) is 1.22. The first-order chi connectivity index (χ1) is 8.85. The van der Waals surface area contributed by atoms with E-state index in [0.717, 1.165) is 18.2 Å². The van der Waals surface area contributed by atoms with Crippen molar-refractivity contribution in [3.63, 3.8) is 0 Å². The summed E-state index contributed by atoms with van der Waals surface area (Å²) in [5.41, 5.74) is -0.636. The van der Waals surface area contributed by atoms with Gasteiger partial charge in [0.2, 0.25) is 5.91 Å². The van der Waals surface area contributed by atoms with Crippen molar-refractivity contribution in [2.24, 2.45) is 0 Å². The molecule has 0 aliphatic heterocycles. The summed E-state index contributed by atoms with van der Waals surface area (Å²) in [6, 6.07) is 3.03. The number of halogens is 4. The molecule has 1 aromatic carbocycles. The number of carbonyl (C=O) groups excluding carboxylic acids is 1. The molecule has 8 heteroatoms. The first-order valence-electron chi connectivity index (χ1n) is 5.29. The van der Waals surface area contributed by atoms with Crippen molar-refractivity contribution in [3.8, 4) is 0 Å². The van der Waals surface area contributed by atoms with Crippen LogP contribution in [0, 0.1) is 11.6 Å². The fraction of sp³-hybridized carbons (Fsp3) is 0.364. The number of aliphatic hydroxyl groups excluding tert-OH is 1. The van der Waals surface area contributed by atoms with Crippen molar-refractivity contribution in [3.05, 3.63) is 29.8 Å². The molecule has 1 amide bonds. The quantitative estimate of drug-likeness (QED) is 0.684. The number of anilines is 1. The maximum Gasteiger partial charge on any atom is 0.282 e. The molecule has 0 bridgehead atoms. The second kappa shape index (κ2) is 6.48. The van der Waals surface area contributed by atoms with E-state index in [2.05, 4.69) is 5.32 Å². The van der Waals surface area contributed by atoms with E-state index < -0.39 is 48.8 Å². The zero-order valence-corrected chi connectivity index (χ0v) is 9.72. The molecule has 0 saturated carbocycles.